The number of nitrogens with two attached hydrogens (primary N) is 1. The van der Waals surface area contributed by atoms with Gasteiger partial charge in [-0.1, -0.05) is 11.6 Å². The number of aliphatic imine (C=N–C) groups is 1. The van der Waals surface area contributed by atoms with Gasteiger partial charge in [-0.05, 0) is 44.2 Å². The molecule has 7 nitrogen and oxygen atoms in total. The minimum atomic E-state index is -3.34. The summed E-state index contributed by atoms with van der Waals surface area (Å²) in [5.41, 5.74) is 3.32. The molecule has 0 fully saturated rings. The van der Waals surface area contributed by atoms with Crippen molar-refractivity contribution in [2.75, 3.05) is 11.9 Å². The molecule has 0 radical (unpaired) electrons. The van der Waals surface area contributed by atoms with Crippen molar-refractivity contribution in [2.24, 2.45) is 10.7 Å². The van der Waals surface area contributed by atoms with E-state index in [4.69, 9.17) is 26.8 Å². The number of anilines is 1. The number of rotatable bonds is 2. The van der Waals surface area contributed by atoms with Crippen LogP contribution in [0.15, 0.2) is 41.5 Å². The Morgan fingerprint density at radius 2 is 2.03 bits per heavy atom. The molecule has 1 aromatic heterocycles. The summed E-state index contributed by atoms with van der Waals surface area (Å²) < 4.78 is 41.1. The molecule has 0 saturated carbocycles. The van der Waals surface area contributed by atoms with Gasteiger partial charge in [-0.3, -0.25) is 4.79 Å². The summed E-state index contributed by atoms with van der Waals surface area (Å²) in [6, 6.07) is 7.19. The van der Waals surface area contributed by atoms with Gasteiger partial charge in [0.2, 0.25) is 0 Å². The number of carbonyl (C=O) groups is 1. The van der Waals surface area contributed by atoms with Gasteiger partial charge in [0.1, 0.15) is 17.0 Å². The molecule has 3 N–H and O–H groups in total. The Labute approximate surface area is 176 Å². The molecule has 1 atom stereocenters. The van der Waals surface area contributed by atoms with Gasteiger partial charge in [-0.15, -0.1) is 0 Å². The number of halogens is 3. The number of ether oxygens (including phenoxy) is 2. The van der Waals surface area contributed by atoms with Gasteiger partial charge in [0.05, 0.1) is 5.02 Å². The summed E-state index contributed by atoms with van der Waals surface area (Å²) >= 11 is 5.79. The summed E-state index contributed by atoms with van der Waals surface area (Å²) in [6.07, 6.45) is 1.22. The van der Waals surface area contributed by atoms with Crippen LogP contribution in [0.25, 0.3) is 0 Å². The van der Waals surface area contributed by atoms with Gasteiger partial charge in [-0.2, -0.15) is 8.78 Å². The van der Waals surface area contributed by atoms with Crippen LogP contribution in [0, 0.1) is 0 Å². The van der Waals surface area contributed by atoms with E-state index in [1.807, 2.05) is 0 Å². The van der Waals surface area contributed by atoms with E-state index in [-0.39, 0.29) is 35.1 Å². The number of benzene rings is 1. The lowest BCUT2D eigenvalue weighted by atomic mass is 9.73. The first kappa shape index (κ1) is 20.3. The molecule has 2 aliphatic heterocycles. The average molecular weight is 437 g/mol. The molecule has 158 valence electrons. The third kappa shape index (κ3) is 3.43. The summed E-state index contributed by atoms with van der Waals surface area (Å²) in [5, 5.41) is 3.04. The van der Waals surface area contributed by atoms with Crippen LogP contribution >= 0.6 is 11.6 Å². The molecule has 1 amide bonds. The van der Waals surface area contributed by atoms with Crippen molar-refractivity contribution in [3.8, 4) is 5.75 Å². The highest BCUT2D eigenvalue weighted by Gasteiger charge is 2.63. The van der Waals surface area contributed by atoms with Crippen molar-refractivity contribution in [2.45, 2.75) is 37.3 Å². The number of alkyl halides is 2. The van der Waals surface area contributed by atoms with Crippen LogP contribution in [0.5, 0.6) is 5.75 Å². The van der Waals surface area contributed by atoms with Crippen molar-refractivity contribution >= 4 is 29.2 Å². The SMILES string of the molecule is CC1(C)CC2(N=C(N)OCC2(F)F)c2cc(NC(=O)c3ccc(Cl)cn3)ccc2O1. The summed E-state index contributed by atoms with van der Waals surface area (Å²) in [4.78, 5) is 20.5. The average Bonchev–Trinajstić information content (AvgIpc) is 2.65. The Morgan fingerprint density at radius 3 is 2.73 bits per heavy atom. The number of carbonyl (C=O) groups excluding carboxylic acids is 1. The molecule has 10 heteroatoms. The topological polar surface area (TPSA) is 98.8 Å². The lowest BCUT2D eigenvalue weighted by Gasteiger charge is -2.48. The van der Waals surface area contributed by atoms with E-state index in [2.05, 4.69) is 15.3 Å². The standard InChI is InChI=1S/C20H19ClF2N4O3/c1-18(2)9-19(20(22,23)10-29-17(24)27-19)13-7-12(4-6-15(13)30-18)26-16(28)14-5-3-11(21)8-25-14/h3-8H,9-10H2,1-2H3,(H2,24,27)(H,26,28). The molecular formula is C20H19ClF2N4O3. The van der Waals surface area contributed by atoms with Gasteiger partial charge < -0.3 is 20.5 Å². The van der Waals surface area contributed by atoms with Crippen molar-refractivity contribution in [3.63, 3.8) is 0 Å². The number of nitrogens with one attached hydrogen (secondary N) is 1. The Morgan fingerprint density at radius 1 is 1.27 bits per heavy atom. The maximum atomic E-state index is 15.2. The second-order valence-corrected chi connectivity index (χ2v) is 8.31. The zero-order chi connectivity index (χ0) is 21.7. The van der Waals surface area contributed by atoms with Crippen LogP contribution in [0.1, 0.15) is 36.3 Å². The second kappa shape index (κ2) is 6.80. The minimum Gasteiger partial charge on any atom is -0.487 e. The van der Waals surface area contributed by atoms with E-state index < -0.39 is 29.6 Å². The van der Waals surface area contributed by atoms with E-state index in [9.17, 15) is 4.79 Å². The van der Waals surface area contributed by atoms with E-state index in [1.165, 1.54) is 30.5 Å². The first-order valence-electron chi connectivity index (χ1n) is 9.14. The predicted octanol–water partition coefficient (Wildman–Crippen LogP) is 3.72. The fourth-order valence-corrected chi connectivity index (χ4v) is 3.89. The molecule has 1 aromatic carbocycles. The zero-order valence-corrected chi connectivity index (χ0v) is 17.0. The van der Waals surface area contributed by atoms with Crippen molar-refractivity contribution in [1.82, 2.24) is 4.98 Å². The Hall–Kier alpha value is -2.94. The third-order valence-electron chi connectivity index (χ3n) is 5.02. The predicted molar refractivity (Wildman–Crippen MR) is 107 cm³/mol. The Kier molecular flexibility index (Phi) is 4.61. The normalized spacial score (nSPS) is 23.6. The minimum absolute atomic E-state index is 0.125. The van der Waals surface area contributed by atoms with E-state index >= 15 is 8.78 Å². The first-order valence-corrected chi connectivity index (χ1v) is 9.52. The summed E-state index contributed by atoms with van der Waals surface area (Å²) in [7, 11) is 0. The van der Waals surface area contributed by atoms with Crippen molar-refractivity contribution < 1.29 is 23.0 Å². The molecule has 0 saturated heterocycles. The molecule has 30 heavy (non-hydrogen) atoms. The van der Waals surface area contributed by atoms with E-state index in [1.54, 1.807) is 19.9 Å². The highest BCUT2D eigenvalue weighted by molar-refractivity contribution is 6.30. The van der Waals surface area contributed by atoms with Crippen LogP contribution in [-0.2, 0) is 10.3 Å². The lowest BCUT2D eigenvalue weighted by molar-refractivity contribution is -0.148. The lowest BCUT2D eigenvalue weighted by Crippen LogP contribution is -2.58. The quantitative estimate of drug-likeness (QED) is 0.747. The van der Waals surface area contributed by atoms with Gasteiger partial charge in [0.25, 0.3) is 11.9 Å². The van der Waals surface area contributed by atoms with Crippen LogP contribution in [0.4, 0.5) is 14.5 Å². The first-order chi connectivity index (χ1) is 14.0. The highest BCUT2D eigenvalue weighted by atomic mass is 35.5. The summed E-state index contributed by atoms with van der Waals surface area (Å²) in [5.74, 6) is -3.61. The molecule has 2 aliphatic rings. The second-order valence-electron chi connectivity index (χ2n) is 7.87. The molecule has 0 aliphatic carbocycles. The monoisotopic (exact) mass is 436 g/mol. The van der Waals surface area contributed by atoms with Gasteiger partial charge >= 0.3 is 5.92 Å². The Balaban J connectivity index is 1.77. The molecule has 2 aromatic rings. The Bertz CT molecular complexity index is 1040. The fraction of sp³-hybridized carbons (Fsp3) is 0.350. The molecule has 1 unspecified atom stereocenters. The molecule has 4 rings (SSSR count). The molecule has 0 bridgehead atoms. The zero-order valence-electron chi connectivity index (χ0n) is 16.2. The van der Waals surface area contributed by atoms with Gasteiger partial charge in [0.15, 0.2) is 12.1 Å². The molecule has 3 heterocycles. The number of pyridine rings is 1. The molecular weight excluding hydrogens is 418 g/mol. The number of hydrogen-bond acceptors (Lipinski definition) is 6. The molecule has 1 spiro atoms. The van der Waals surface area contributed by atoms with Crippen LogP contribution in [-0.4, -0.2) is 35.0 Å². The van der Waals surface area contributed by atoms with Crippen LogP contribution in [0.3, 0.4) is 0 Å². The van der Waals surface area contributed by atoms with E-state index in [0.29, 0.717) is 5.02 Å². The maximum Gasteiger partial charge on any atom is 0.310 e. The number of aromatic nitrogens is 1. The number of nitrogens with zero attached hydrogens (tertiary/aromatic N) is 2. The van der Waals surface area contributed by atoms with Crippen LogP contribution < -0.4 is 15.8 Å². The maximum absolute atomic E-state index is 15.2. The fourth-order valence-electron chi connectivity index (χ4n) is 3.78. The van der Waals surface area contributed by atoms with Gasteiger partial charge in [0, 0.05) is 23.9 Å². The number of amidine groups is 1. The van der Waals surface area contributed by atoms with Crippen LogP contribution in [0.2, 0.25) is 5.02 Å². The van der Waals surface area contributed by atoms with Crippen molar-refractivity contribution in [1.29, 1.82) is 0 Å². The smallest absolute Gasteiger partial charge is 0.310 e. The highest BCUT2D eigenvalue weighted by Crippen LogP contribution is 2.55. The number of hydrogen-bond donors (Lipinski definition) is 2. The number of fused-ring (bicyclic) bond motifs is 2. The largest absolute Gasteiger partial charge is 0.487 e. The van der Waals surface area contributed by atoms with Crippen molar-refractivity contribution in [3.05, 3.63) is 52.8 Å². The van der Waals surface area contributed by atoms with E-state index in [0.717, 1.165) is 0 Å². The summed E-state index contributed by atoms with van der Waals surface area (Å²) in [6.45, 7) is 2.51. The number of amides is 1. The third-order valence-corrected chi connectivity index (χ3v) is 5.24. The van der Waals surface area contributed by atoms with Gasteiger partial charge in [-0.25, -0.2) is 9.98 Å².